The molecule has 2 saturated heterocycles. The van der Waals surface area contributed by atoms with Gasteiger partial charge in [-0.05, 0) is 99.0 Å². The van der Waals surface area contributed by atoms with Crippen molar-refractivity contribution in [3.8, 4) is 6.07 Å². The highest BCUT2D eigenvalue weighted by Gasteiger charge is 2.21. The van der Waals surface area contributed by atoms with Gasteiger partial charge >= 0.3 is 11.4 Å². The van der Waals surface area contributed by atoms with Gasteiger partial charge in [-0.25, -0.2) is 9.97 Å². The molecule has 0 spiro atoms. The number of aromatic nitrogens is 2. The van der Waals surface area contributed by atoms with Gasteiger partial charge in [-0.3, -0.25) is 20.2 Å². The van der Waals surface area contributed by atoms with Crippen molar-refractivity contribution in [1.29, 1.82) is 5.26 Å². The van der Waals surface area contributed by atoms with Crippen LogP contribution in [0.25, 0.3) is 0 Å². The maximum Gasteiger partial charge on any atom is 0.310 e. The summed E-state index contributed by atoms with van der Waals surface area (Å²) in [7, 11) is 0. The summed E-state index contributed by atoms with van der Waals surface area (Å²) in [6.07, 6.45) is 10.1. The molecule has 0 bridgehead atoms. The summed E-state index contributed by atoms with van der Waals surface area (Å²) < 4.78 is 1.62. The van der Waals surface area contributed by atoms with Gasteiger partial charge in [0.2, 0.25) is 0 Å². The normalized spacial score (nSPS) is 14.4. The van der Waals surface area contributed by atoms with E-state index in [1.165, 1.54) is 64.2 Å². The third-order valence-corrected chi connectivity index (χ3v) is 6.43. The number of nitrogens with zero attached hydrogens (tertiary/aromatic N) is 6. The third kappa shape index (κ3) is 12.2. The zero-order valence-corrected chi connectivity index (χ0v) is 24.6. The number of nitriles is 1. The number of rotatable bonds is 3. The van der Waals surface area contributed by atoms with Crippen LogP contribution in [-0.4, -0.2) is 46.0 Å². The highest BCUT2D eigenvalue weighted by Crippen LogP contribution is 2.31. The molecule has 1 N–H and O–H groups in total. The minimum Gasteiger partial charge on any atom is -0.366 e. The third-order valence-electron chi connectivity index (χ3n) is 4.93. The molecule has 2 aliphatic rings. The Balaban J connectivity index is 0.000000279. The summed E-state index contributed by atoms with van der Waals surface area (Å²) >= 11 is 9.37. The number of nitro groups is 2. The van der Waals surface area contributed by atoms with Gasteiger partial charge in [0.25, 0.3) is 0 Å². The van der Waals surface area contributed by atoms with Crippen molar-refractivity contribution in [1.82, 2.24) is 15.3 Å². The second kappa shape index (κ2) is 18.1. The molecule has 0 aliphatic carbocycles. The van der Waals surface area contributed by atoms with Crippen LogP contribution in [0.2, 0.25) is 0 Å². The van der Waals surface area contributed by atoms with Crippen LogP contribution in [0.1, 0.15) is 45.4 Å². The Morgan fingerprint density at radius 3 is 1.78 bits per heavy atom. The number of hydrogen-bond acceptors (Lipinski definition) is 9. The van der Waals surface area contributed by atoms with Crippen molar-refractivity contribution >= 4 is 64.9 Å². The fourth-order valence-corrected chi connectivity index (χ4v) is 4.70. The first-order chi connectivity index (χ1) is 17.2. The first kappa shape index (κ1) is 31.8. The number of piperidine rings is 2. The number of pyridine rings is 2. The molecule has 0 saturated carbocycles. The first-order valence-corrected chi connectivity index (χ1v) is 13.6. The molecule has 2 aromatic rings. The maximum absolute atomic E-state index is 10.9. The van der Waals surface area contributed by atoms with E-state index in [0.717, 1.165) is 25.9 Å². The SMILES string of the molecule is C1CCNCC1.CC#N.O=[N+]([O-])c1cnc(Br)cc1Br.O=[N+]([O-])c1cnc(Br)cc1N1CCCCC1. The highest BCUT2D eigenvalue weighted by molar-refractivity contribution is 9.11. The molecule has 196 valence electrons. The lowest BCUT2D eigenvalue weighted by molar-refractivity contribution is -0.386. The largest absolute Gasteiger partial charge is 0.366 e. The molecule has 4 rings (SSSR count). The Kier molecular flexibility index (Phi) is 16.0. The Bertz CT molecular complexity index is 1020. The van der Waals surface area contributed by atoms with E-state index in [4.69, 9.17) is 5.26 Å². The van der Waals surface area contributed by atoms with Gasteiger partial charge in [-0.1, -0.05) is 6.42 Å². The number of anilines is 1. The van der Waals surface area contributed by atoms with Crippen LogP contribution in [0, 0.1) is 31.6 Å². The van der Waals surface area contributed by atoms with Gasteiger partial charge in [0.15, 0.2) is 0 Å². The predicted octanol–water partition coefficient (Wildman–Crippen LogP) is 6.55. The standard InChI is InChI=1S/C10H12BrN3O2.C5H2Br2N2O2.C5H11N.C2H3N/c11-10-6-8(9(7-12-10)14(15)16)13-4-2-1-3-5-13;6-3-1-5(7)8-2-4(3)9(10)11;1-2-4-6-5-3-1;1-2-3/h6-7H,1-5H2;1-2H;6H,1-5H2;1H3. The monoisotopic (exact) mass is 691 g/mol. The van der Waals surface area contributed by atoms with E-state index in [0.29, 0.717) is 19.4 Å². The molecule has 0 atom stereocenters. The molecule has 0 unspecified atom stereocenters. The molecule has 36 heavy (non-hydrogen) atoms. The minimum absolute atomic E-state index is 0.0341. The van der Waals surface area contributed by atoms with Crippen LogP contribution in [-0.2, 0) is 0 Å². The highest BCUT2D eigenvalue weighted by atomic mass is 79.9. The van der Waals surface area contributed by atoms with Crippen molar-refractivity contribution in [3.63, 3.8) is 0 Å². The van der Waals surface area contributed by atoms with Crippen LogP contribution in [0.4, 0.5) is 17.1 Å². The van der Waals surface area contributed by atoms with Crippen molar-refractivity contribution in [2.75, 3.05) is 31.1 Å². The molecule has 14 heteroatoms. The molecular weight excluding hydrogens is 666 g/mol. The van der Waals surface area contributed by atoms with E-state index >= 15 is 0 Å². The second-order valence-electron chi connectivity index (χ2n) is 7.55. The summed E-state index contributed by atoms with van der Waals surface area (Å²) in [6, 6.07) is 5.00. The van der Waals surface area contributed by atoms with E-state index < -0.39 is 4.92 Å². The number of halogens is 3. The Hall–Kier alpha value is -2.21. The van der Waals surface area contributed by atoms with Gasteiger partial charge in [0.1, 0.15) is 27.3 Å². The van der Waals surface area contributed by atoms with Crippen LogP contribution in [0.3, 0.4) is 0 Å². The lowest BCUT2D eigenvalue weighted by Gasteiger charge is -2.28. The summed E-state index contributed by atoms with van der Waals surface area (Å²) in [5, 5.41) is 31.8. The van der Waals surface area contributed by atoms with Crippen molar-refractivity contribution in [3.05, 3.63) is 58.4 Å². The van der Waals surface area contributed by atoms with E-state index in [-0.39, 0.29) is 16.3 Å². The van der Waals surface area contributed by atoms with E-state index in [1.54, 1.807) is 12.1 Å². The summed E-state index contributed by atoms with van der Waals surface area (Å²) in [5.74, 6) is 0. The molecule has 0 amide bonds. The van der Waals surface area contributed by atoms with Crippen LogP contribution < -0.4 is 10.2 Å². The molecule has 2 aromatic heterocycles. The maximum atomic E-state index is 10.9. The fourth-order valence-electron chi connectivity index (χ4n) is 3.28. The van der Waals surface area contributed by atoms with Crippen LogP contribution in [0.5, 0.6) is 0 Å². The first-order valence-electron chi connectivity index (χ1n) is 11.2. The zero-order valence-electron chi connectivity index (χ0n) is 19.8. The average Bonchev–Trinajstić information content (AvgIpc) is 2.86. The lowest BCUT2D eigenvalue weighted by Crippen LogP contribution is -2.30. The minimum atomic E-state index is -0.497. The molecule has 4 heterocycles. The van der Waals surface area contributed by atoms with Crippen molar-refractivity contribution in [2.24, 2.45) is 0 Å². The van der Waals surface area contributed by atoms with E-state index in [1.807, 2.05) is 0 Å². The smallest absolute Gasteiger partial charge is 0.310 e. The average molecular weight is 694 g/mol. The Morgan fingerprint density at radius 1 is 0.889 bits per heavy atom. The summed E-state index contributed by atoms with van der Waals surface area (Å²) in [6.45, 7) is 5.70. The lowest BCUT2D eigenvalue weighted by atomic mass is 10.1. The Labute approximate surface area is 235 Å². The molecular formula is C22H28Br3N7O4. The predicted molar refractivity (Wildman–Crippen MR) is 149 cm³/mol. The molecule has 0 radical (unpaired) electrons. The van der Waals surface area contributed by atoms with Gasteiger partial charge < -0.3 is 10.2 Å². The van der Waals surface area contributed by atoms with Gasteiger partial charge in [0, 0.05) is 26.1 Å². The van der Waals surface area contributed by atoms with E-state index in [9.17, 15) is 20.2 Å². The quantitative estimate of drug-likeness (QED) is 0.214. The topological polar surface area (TPSA) is 151 Å². The molecule has 0 aromatic carbocycles. The van der Waals surface area contributed by atoms with E-state index in [2.05, 4.69) is 68.0 Å². The van der Waals surface area contributed by atoms with Crippen LogP contribution >= 0.6 is 47.8 Å². The van der Waals surface area contributed by atoms with Gasteiger partial charge in [-0.15, -0.1) is 0 Å². The second-order valence-corrected chi connectivity index (χ2v) is 10.0. The summed E-state index contributed by atoms with van der Waals surface area (Å²) in [5.41, 5.74) is 0.727. The van der Waals surface area contributed by atoms with Crippen LogP contribution in [0.15, 0.2) is 38.2 Å². The molecule has 2 aliphatic heterocycles. The zero-order chi connectivity index (χ0) is 26.9. The van der Waals surface area contributed by atoms with Gasteiger partial charge in [0.05, 0.1) is 20.4 Å². The number of hydrogen-bond donors (Lipinski definition) is 1. The fraction of sp³-hybridized carbons (Fsp3) is 0.500. The molecule has 2 fully saturated rings. The molecule has 11 nitrogen and oxygen atoms in total. The van der Waals surface area contributed by atoms with Crippen molar-refractivity contribution in [2.45, 2.75) is 45.4 Å². The van der Waals surface area contributed by atoms with Crippen molar-refractivity contribution < 1.29 is 9.85 Å². The number of nitrogens with one attached hydrogen (secondary N) is 1. The van der Waals surface area contributed by atoms with Gasteiger partial charge in [-0.2, -0.15) is 5.26 Å². The Morgan fingerprint density at radius 2 is 1.36 bits per heavy atom. The summed E-state index contributed by atoms with van der Waals surface area (Å²) in [4.78, 5) is 30.0.